The van der Waals surface area contributed by atoms with Gasteiger partial charge in [0.1, 0.15) is 13.3 Å². The summed E-state index contributed by atoms with van der Waals surface area (Å²) in [5.41, 5.74) is 0. The Labute approximate surface area is 37.5 Å². The van der Waals surface area contributed by atoms with Gasteiger partial charge in [-0.2, -0.15) is 0 Å². The van der Waals surface area contributed by atoms with Crippen molar-refractivity contribution in [2.24, 2.45) is 0 Å². The van der Waals surface area contributed by atoms with Gasteiger partial charge in [-0.15, -0.1) is 6.61 Å². The summed E-state index contributed by atoms with van der Waals surface area (Å²) in [6.07, 6.45) is 0.684. The summed E-state index contributed by atoms with van der Waals surface area (Å²) in [5.74, 6) is 0. The second-order valence-corrected chi connectivity index (χ2v) is 1.06. The van der Waals surface area contributed by atoms with Crippen LogP contribution < -0.4 is 10.1 Å². The molecule has 0 amide bonds. The number of rotatable bonds is 3. The minimum atomic E-state index is 0.00250. The van der Waals surface area contributed by atoms with Crippen LogP contribution in [0.3, 0.4) is 0 Å². The fourth-order valence-corrected chi connectivity index (χ4v) is 0.197. The van der Waals surface area contributed by atoms with Gasteiger partial charge in [0.2, 0.25) is 0 Å². The van der Waals surface area contributed by atoms with Crippen LogP contribution in [0.4, 0.5) is 0 Å². The molecule has 2 heteroatoms. The molecule has 0 radical (unpaired) electrons. The minimum Gasteiger partial charge on any atom is -0.854 e. The lowest BCUT2D eigenvalue weighted by Gasteiger charge is -1.92. The quantitative estimate of drug-likeness (QED) is 0.300. The molecule has 1 N–H and O–H groups in total. The predicted octanol–water partition coefficient (Wildman–Crippen LogP) is -2.48. The molecular weight excluding hydrogens is 78.0 g/mol. The summed E-state index contributed by atoms with van der Waals surface area (Å²) in [6.45, 7) is 4.08. The maximum absolute atomic E-state index is 9.62. The van der Waals surface area contributed by atoms with Gasteiger partial charge in [0, 0.05) is 0 Å². The molecule has 0 bridgehead atoms. The molecule has 0 saturated heterocycles. The molecule has 0 saturated carbocycles. The second kappa shape index (κ2) is 4.63. The Morgan fingerprint density at radius 1 is 1.67 bits per heavy atom. The Balaban J connectivity index is 2.49. The first-order chi connectivity index (χ1) is 2.91. The van der Waals surface area contributed by atoms with Crippen molar-refractivity contribution in [3.63, 3.8) is 0 Å². The van der Waals surface area contributed by atoms with E-state index in [1.807, 2.05) is 0 Å². The highest BCUT2D eigenvalue weighted by Crippen LogP contribution is 1.55. The first kappa shape index (κ1) is 5.63. The van der Waals surface area contributed by atoms with Crippen LogP contribution in [-0.2, 0) is 0 Å². The van der Waals surface area contributed by atoms with E-state index in [0.29, 0.717) is 6.42 Å². The highest BCUT2D eigenvalue weighted by atomic mass is 16.2. The SMILES string of the molecule is C=[NH+]CCC[O-]. The maximum atomic E-state index is 9.62. The monoisotopic (exact) mass is 87.1 g/mol. The zero-order valence-electron chi connectivity index (χ0n) is 3.74. The van der Waals surface area contributed by atoms with E-state index in [2.05, 4.69) is 11.7 Å². The van der Waals surface area contributed by atoms with Gasteiger partial charge in [0.25, 0.3) is 0 Å². The van der Waals surface area contributed by atoms with Gasteiger partial charge in [-0.25, -0.2) is 0 Å². The summed E-state index contributed by atoms with van der Waals surface area (Å²) in [6, 6.07) is 0. The molecule has 0 aliphatic rings. The lowest BCUT2D eigenvalue weighted by molar-refractivity contribution is -0.459. The van der Waals surface area contributed by atoms with Gasteiger partial charge in [-0.3, -0.25) is 4.99 Å². The normalized spacial score (nSPS) is 8.17. The highest BCUT2D eigenvalue weighted by Gasteiger charge is 1.71. The molecule has 0 spiro atoms. The summed E-state index contributed by atoms with van der Waals surface area (Å²) < 4.78 is 0. The summed E-state index contributed by atoms with van der Waals surface area (Å²) in [7, 11) is 0. The average Bonchev–Trinajstić information content (AvgIpc) is 1.61. The molecule has 0 rings (SSSR count). The van der Waals surface area contributed by atoms with E-state index in [1.54, 1.807) is 0 Å². The van der Waals surface area contributed by atoms with Crippen molar-refractivity contribution in [3.05, 3.63) is 0 Å². The second-order valence-electron chi connectivity index (χ2n) is 1.06. The lowest BCUT2D eigenvalue weighted by atomic mass is 10.5. The van der Waals surface area contributed by atoms with Crippen molar-refractivity contribution in [2.75, 3.05) is 13.2 Å². The van der Waals surface area contributed by atoms with Crippen molar-refractivity contribution in [3.8, 4) is 0 Å². The highest BCUT2D eigenvalue weighted by molar-refractivity contribution is 5.12. The van der Waals surface area contributed by atoms with Crippen LogP contribution >= 0.6 is 0 Å². The van der Waals surface area contributed by atoms with E-state index < -0.39 is 0 Å². The largest absolute Gasteiger partial charge is 0.854 e. The Hall–Kier alpha value is -0.370. The van der Waals surface area contributed by atoms with Crippen molar-refractivity contribution < 1.29 is 10.1 Å². The van der Waals surface area contributed by atoms with Crippen molar-refractivity contribution >= 4 is 6.72 Å². The molecule has 0 aliphatic heterocycles. The number of hydrogen-bond donors (Lipinski definition) is 1. The molecule has 0 unspecified atom stereocenters. The fourth-order valence-electron chi connectivity index (χ4n) is 0.197. The van der Waals surface area contributed by atoms with Gasteiger partial charge in [0.05, 0.1) is 0 Å². The first-order valence-electron chi connectivity index (χ1n) is 2.00. The Bertz CT molecular complexity index is 36.5. The van der Waals surface area contributed by atoms with E-state index in [0.717, 1.165) is 6.54 Å². The molecule has 6 heavy (non-hydrogen) atoms. The molecule has 0 aromatic heterocycles. The summed E-state index contributed by atoms with van der Waals surface area (Å²) in [5, 5.41) is 9.62. The standard InChI is InChI=1S/C4H8NO/c1-5-3-2-4-6/h1-4H2/q-1/p+1. The molecule has 36 valence electrons. The molecule has 0 aromatic carbocycles. The van der Waals surface area contributed by atoms with E-state index in [-0.39, 0.29) is 6.61 Å². The van der Waals surface area contributed by atoms with Gasteiger partial charge in [-0.1, -0.05) is 0 Å². The molecule has 0 aromatic rings. The van der Waals surface area contributed by atoms with Crippen molar-refractivity contribution in [2.45, 2.75) is 6.42 Å². The molecule has 0 heterocycles. The number of hydrogen-bond acceptors (Lipinski definition) is 1. The molecular formula is C4H9NO. The van der Waals surface area contributed by atoms with Crippen LogP contribution in [0.25, 0.3) is 0 Å². The minimum absolute atomic E-state index is 0.00250. The van der Waals surface area contributed by atoms with E-state index in [4.69, 9.17) is 0 Å². The van der Waals surface area contributed by atoms with Crippen LogP contribution in [0.1, 0.15) is 6.42 Å². The average molecular weight is 87.1 g/mol. The van der Waals surface area contributed by atoms with Gasteiger partial charge >= 0.3 is 0 Å². The van der Waals surface area contributed by atoms with E-state index >= 15 is 0 Å². The van der Waals surface area contributed by atoms with Gasteiger partial charge < -0.3 is 5.11 Å². The Kier molecular flexibility index (Phi) is 4.34. The molecule has 0 aliphatic carbocycles. The van der Waals surface area contributed by atoms with Crippen molar-refractivity contribution in [1.29, 1.82) is 0 Å². The van der Waals surface area contributed by atoms with Crippen LogP contribution in [0, 0.1) is 0 Å². The smallest absolute Gasteiger partial charge is 0.138 e. The summed E-state index contributed by atoms with van der Waals surface area (Å²) >= 11 is 0. The van der Waals surface area contributed by atoms with Crippen molar-refractivity contribution in [1.82, 2.24) is 0 Å². The molecule has 2 nitrogen and oxygen atoms in total. The fraction of sp³-hybridized carbons (Fsp3) is 0.750. The van der Waals surface area contributed by atoms with E-state index in [9.17, 15) is 5.11 Å². The Morgan fingerprint density at radius 3 is 2.50 bits per heavy atom. The van der Waals surface area contributed by atoms with Crippen LogP contribution in [0.2, 0.25) is 0 Å². The number of nitrogens with one attached hydrogen (secondary N) is 1. The third-order valence-electron chi connectivity index (χ3n) is 0.498. The maximum Gasteiger partial charge on any atom is 0.138 e. The zero-order chi connectivity index (χ0) is 4.83. The summed E-state index contributed by atoms with van der Waals surface area (Å²) in [4.78, 5) is 2.62. The third kappa shape index (κ3) is 3.63. The van der Waals surface area contributed by atoms with Crippen LogP contribution in [-0.4, -0.2) is 19.9 Å². The molecule has 0 atom stereocenters. The molecule has 0 fully saturated rings. The Morgan fingerprint density at radius 2 is 2.33 bits per heavy atom. The van der Waals surface area contributed by atoms with Gasteiger partial charge in [0.15, 0.2) is 0 Å². The third-order valence-corrected chi connectivity index (χ3v) is 0.498. The van der Waals surface area contributed by atoms with E-state index in [1.165, 1.54) is 0 Å². The first-order valence-corrected chi connectivity index (χ1v) is 2.00. The topological polar surface area (TPSA) is 37.0 Å². The zero-order valence-corrected chi connectivity index (χ0v) is 3.74. The van der Waals surface area contributed by atoms with Gasteiger partial charge in [-0.05, 0) is 6.42 Å². The van der Waals surface area contributed by atoms with Crippen LogP contribution in [0.15, 0.2) is 0 Å². The predicted molar refractivity (Wildman–Crippen MR) is 22.4 cm³/mol. The van der Waals surface area contributed by atoms with Crippen LogP contribution in [0.5, 0.6) is 0 Å². The lowest BCUT2D eigenvalue weighted by Crippen LogP contribution is -2.66.